The van der Waals surface area contributed by atoms with E-state index in [4.69, 9.17) is 15.0 Å². The third-order valence-electron chi connectivity index (χ3n) is 8.87. The highest BCUT2D eigenvalue weighted by Gasteiger charge is 2.33. The quantitative estimate of drug-likeness (QED) is 0.146. The Labute approximate surface area is 279 Å². The Bertz CT molecular complexity index is 1540. The number of rotatable bonds is 17. The van der Waals surface area contributed by atoms with E-state index in [1.165, 1.54) is 43.2 Å². The summed E-state index contributed by atoms with van der Waals surface area (Å²) >= 11 is 1.59. The first-order valence-electron chi connectivity index (χ1n) is 17.3. The topological polar surface area (TPSA) is 100 Å². The maximum atomic E-state index is 13.3. The molecule has 1 aromatic carbocycles. The van der Waals surface area contributed by atoms with Gasteiger partial charge in [0.25, 0.3) is 5.91 Å². The predicted molar refractivity (Wildman–Crippen MR) is 190 cm³/mol. The number of fused-ring (bicyclic) bond motifs is 1. The van der Waals surface area contributed by atoms with E-state index in [1.54, 1.807) is 18.3 Å². The second kappa shape index (κ2) is 16.8. The van der Waals surface area contributed by atoms with Crippen molar-refractivity contribution in [3.05, 3.63) is 53.1 Å². The molecular formula is C37H51N7OS. The van der Waals surface area contributed by atoms with Gasteiger partial charge in [-0.2, -0.15) is 9.94 Å². The van der Waals surface area contributed by atoms with E-state index in [9.17, 15) is 10.1 Å². The normalized spacial score (nSPS) is 15.4. The van der Waals surface area contributed by atoms with E-state index in [0.29, 0.717) is 47.1 Å². The molecule has 0 bridgehead atoms. The first-order valence-corrected chi connectivity index (χ1v) is 18.1. The Balaban J connectivity index is 1.88. The number of carbonyl (C=O) groups is 1. The molecule has 0 spiro atoms. The maximum Gasteiger partial charge on any atom is 0.291 e. The van der Waals surface area contributed by atoms with Crippen molar-refractivity contribution in [2.45, 2.75) is 106 Å². The number of aliphatic imine (C=N–C) groups is 1. The lowest BCUT2D eigenvalue weighted by atomic mass is 9.96. The van der Waals surface area contributed by atoms with Crippen LogP contribution in [0, 0.1) is 29.1 Å². The van der Waals surface area contributed by atoms with Gasteiger partial charge in [-0.3, -0.25) is 4.79 Å². The molecule has 0 fully saturated rings. The number of nitrogens with zero attached hydrogens (tertiary/aromatic N) is 7. The lowest BCUT2D eigenvalue weighted by Crippen LogP contribution is -2.34. The Morgan fingerprint density at radius 1 is 0.978 bits per heavy atom. The van der Waals surface area contributed by atoms with E-state index >= 15 is 0 Å². The molecule has 8 nitrogen and oxygen atoms in total. The molecule has 246 valence electrons. The van der Waals surface area contributed by atoms with Gasteiger partial charge in [0.15, 0.2) is 16.8 Å². The van der Waals surface area contributed by atoms with Crippen LogP contribution in [0.2, 0.25) is 0 Å². The Morgan fingerprint density at radius 2 is 1.61 bits per heavy atom. The van der Waals surface area contributed by atoms with Crippen molar-refractivity contribution < 1.29 is 4.79 Å². The molecule has 0 amide bonds. The van der Waals surface area contributed by atoms with Crippen LogP contribution in [0.25, 0.3) is 11.3 Å². The van der Waals surface area contributed by atoms with Crippen molar-refractivity contribution in [3.8, 4) is 17.3 Å². The summed E-state index contributed by atoms with van der Waals surface area (Å²) in [6.07, 6.45) is 10.2. The Morgan fingerprint density at radius 3 is 2.15 bits per heavy atom. The van der Waals surface area contributed by atoms with Gasteiger partial charge in [0.1, 0.15) is 28.0 Å². The van der Waals surface area contributed by atoms with Crippen molar-refractivity contribution in [2.75, 3.05) is 18.0 Å². The highest BCUT2D eigenvalue weighted by molar-refractivity contribution is 7.19. The Kier molecular flexibility index (Phi) is 12.8. The lowest BCUT2D eigenvalue weighted by molar-refractivity contribution is 0.0941. The van der Waals surface area contributed by atoms with Gasteiger partial charge in [0, 0.05) is 30.6 Å². The summed E-state index contributed by atoms with van der Waals surface area (Å²) < 4.78 is 1.26. The standard InChI is InChI=1S/C37H51N7OS/c1-8-12-17-27(10-3)23-43(24-28(11-4)18-13-9-2)37-41-33(29-19-15-14-16-20-29)35(46-37)40-32-26(7)30(22-38)36(45)44-34(32)39-31(42-44)21-25(5)6/h14-16,19-20,25,27-28H,8-13,17-18,21,23-24H2,1-7H3/b40-32-. The number of thiazole rings is 1. The summed E-state index contributed by atoms with van der Waals surface area (Å²) in [5, 5.41) is 16.2. The largest absolute Gasteiger partial charge is 0.347 e. The van der Waals surface area contributed by atoms with Crippen molar-refractivity contribution in [1.82, 2.24) is 19.7 Å². The molecule has 0 N–H and O–H groups in total. The molecule has 3 heterocycles. The number of aromatic nitrogens is 4. The van der Waals surface area contributed by atoms with Crippen LogP contribution in [0.15, 0.2) is 46.5 Å². The smallest absolute Gasteiger partial charge is 0.291 e. The number of allylic oxidation sites excluding steroid dienone is 2. The van der Waals surface area contributed by atoms with Crippen LogP contribution in [0.4, 0.5) is 10.1 Å². The average molecular weight is 642 g/mol. The van der Waals surface area contributed by atoms with Crippen LogP contribution in [-0.4, -0.2) is 44.5 Å². The van der Waals surface area contributed by atoms with Crippen LogP contribution in [-0.2, 0) is 6.42 Å². The van der Waals surface area contributed by atoms with Gasteiger partial charge in [-0.25, -0.2) is 15.0 Å². The minimum absolute atomic E-state index is 0.0447. The van der Waals surface area contributed by atoms with Gasteiger partial charge in [0.05, 0.1) is 0 Å². The molecule has 3 aromatic rings. The molecule has 4 rings (SSSR count). The summed E-state index contributed by atoms with van der Waals surface area (Å²) in [5.74, 6) is 2.01. The number of hydrogen-bond acceptors (Lipinski definition) is 8. The first-order chi connectivity index (χ1) is 22.2. The van der Waals surface area contributed by atoms with Crippen LogP contribution in [0.5, 0.6) is 0 Å². The number of anilines is 1. The molecule has 0 saturated heterocycles. The molecule has 2 atom stereocenters. The highest BCUT2D eigenvalue weighted by atomic mass is 32.1. The van der Waals surface area contributed by atoms with Gasteiger partial charge in [-0.15, -0.1) is 5.10 Å². The second-order valence-electron chi connectivity index (χ2n) is 13.0. The van der Waals surface area contributed by atoms with Gasteiger partial charge >= 0.3 is 0 Å². The molecular weight excluding hydrogens is 591 g/mol. The van der Waals surface area contributed by atoms with Gasteiger partial charge in [-0.1, -0.05) is 122 Å². The molecule has 0 saturated carbocycles. The van der Waals surface area contributed by atoms with Crippen LogP contribution in [0.1, 0.15) is 116 Å². The van der Waals surface area contributed by atoms with Crippen molar-refractivity contribution in [2.24, 2.45) is 22.7 Å². The lowest BCUT2D eigenvalue weighted by Gasteiger charge is -2.30. The summed E-state index contributed by atoms with van der Waals surface area (Å²) in [6, 6.07) is 12.3. The molecule has 46 heavy (non-hydrogen) atoms. The monoisotopic (exact) mass is 641 g/mol. The van der Waals surface area contributed by atoms with E-state index < -0.39 is 5.91 Å². The summed E-state index contributed by atoms with van der Waals surface area (Å²) in [5.41, 5.74) is 2.85. The third-order valence-corrected chi connectivity index (χ3v) is 9.88. The number of nitriles is 1. The highest BCUT2D eigenvalue weighted by Crippen LogP contribution is 2.42. The van der Waals surface area contributed by atoms with E-state index in [-0.39, 0.29) is 5.57 Å². The predicted octanol–water partition coefficient (Wildman–Crippen LogP) is 9.45. The summed E-state index contributed by atoms with van der Waals surface area (Å²) in [4.78, 5) is 31.1. The van der Waals surface area contributed by atoms with E-state index in [0.717, 1.165) is 47.3 Å². The van der Waals surface area contributed by atoms with Crippen molar-refractivity contribution in [1.29, 1.82) is 5.26 Å². The SMILES string of the molecule is CCCCC(CC)CN(CC(CC)CCCC)c1nc(-c2ccccc2)c(/N=C2/C(C)=C(C#N)C(=O)n3nc(CC(C)C)nc32)s1. The fraction of sp³-hybridized carbons (Fsp3) is 0.568. The maximum absolute atomic E-state index is 13.3. The van der Waals surface area contributed by atoms with E-state index in [1.807, 2.05) is 18.2 Å². The van der Waals surface area contributed by atoms with Crippen LogP contribution in [0.3, 0.4) is 0 Å². The molecule has 9 heteroatoms. The van der Waals surface area contributed by atoms with Gasteiger partial charge in [0.2, 0.25) is 0 Å². The summed E-state index contributed by atoms with van der Waals surface area (Å²) in [7, 11) is 0. The number of carbonyl (C=O) groups excluding carboxylic acids is 1. The number of benzene rings is 1. The first kappa shape index (κ1) is 35.2. The average Bonchev–Trinajstić information content (AvgIpc) is 3.67. The zero-order chi connectivity index (χ0) is 33.2. The molecule has 1 aliphatic rings. The number of hydrogen-bond donors (Lipinski definition) is 0. The zero-order valence-electron chi connectivity index (χ0n) is 28.8. The second-order valence-corrected chi connectivity index (χ2v) is 13.9. The minimum Gasteiger partial charge on any atom is -0.347 e. The van der Waals surface area contributed by atoms with Crippen molar-refractivity contribution in [3.63, 3.8) is 0 Å². The van der Waals surface area contributed by atoms with E-state index in [2.05, 4.69) is 69.7 Å². The third kappa shape index (κ3) is 8.38. The van der Waals surface area contributed by atoms with Crippen LogP contribution < -0.4 is 4.90 Å². The molecule has 0 radical (unpaired) electrons. The fourth-order valence-corrected chi connectivity index (χ4v) is 6.99. The molecule has 2 aromatic heterocycles. The minimum atomic E-state index is -0.453. The fourth-order valence-electron chi connectivity index (χ4n) is 6.01. The van der Waals surface area contributed by atoms with Gasteiger partial charge in [-0.05, 0) is 37.5 Å². The van der Waals surface area contributed by atoms with Gasteiger partial charge < -0.3 is 4.90 Å². The summed E-state index contributed by atoms with van der Waals surface area (Å²) in [6.45, 7) is 17.0. The zero-order valence-corrected chi connectivity index (χ0v) is 29.7. The molecule has 0 aliphatic carbocycles. The Hall–Kier alpha value is -3.64. The molecule has 2 unspecified atom stereocenters. The van der Waals surface area contributed by atoms with Crippen LogP contribution >= 0.6 is 11.3 Å². The molecule has 1 aliphatic heterocycles. The number of unbranched alkanes of at least 4 members (excludes halogenated alkanes) is 2. The van der Waals surface area contributed by atoms with Crippen molar-refractivity contribution >= 4 is 33.1 Å².